The highest BCUT2D eigenvalue weighted by atomic mass is 16.5. The lowest BCUT2D eigenvalue weighted by Gasteiger charge is -2.15. The van der Waals surface area contributed by atoms with E-state index in [1.54, 1.807) is 19.0 Å². The number of ether oxygens (including phenoxy) is 1. The molecule has 0 fully saturated rings. The number of nitrogens with two attached hydrogens (primary N) is 1. The molecule has 0 radical (unpaired) electrons. The van der Waals surface area contributed by atoms with E-state index in [9.17, 15) is 4.79 Å². The molecule has 0 saturated heterocycles. The summed E-state index contributed by atoms with van der Waals surface area (Å²) in [4.78, 5) is 13.0. The van der Waals surface area contributed by atoms with Crippen LogP contribution in [0.5, 0.6) is 5.75 Å². The fourth-order valence-electron chi connectivity index (χ4n) is 1.74. The van der Waals surface area contributed by atoms with E-state index >= 15 is 0 Å². The van der Waals surface area contributed by atoms with E-state index in [4.69, 9.17) is 10.5 Å². The second-order valence-corrected chi connectivity index (χ2v) is 4.49. The van der Waals surface area contributed by atoms with E-state index in [1.807, 2.05) is 25.1 Å². The van der Waals surface area contributed by atoms with Gasteiger partial charge in [0.2, 0.25) is 5.91 Å². The Balaban J connectivity index is 2.63. The molecule has 0 spiro atoms. The lowest BCUT2D eigenvalue weighted by molar-refractivity contribution is -0.129. The van der Waals surface area contributed by atoms with Crippen molar-refractivity contribution in [3.8, 4) is 5.75 Å². The van der Waals surface area contributed by atoms with Gasteiger partial charge < -0.3 is 15.4 Å². The van der Waals surface area contributed by atoms with Gasteiger partial charge in [-0.25, -0.2) is 0 Å². The number of hydrogen-bond donors (Lipinski definition) is 1. The Morgan fingerprint density at radius 3 is 2.72 bits per heavy atom. The summed E-state index contributed by atoms with van der Waals surface area (Å²) in [7, 11) is 3.49. The Morgan fingerprint density at radius 1 is 1.39 bits per heavy atom. The van der Waals surface area contributed by atoms with Gasteiger partial charge in [-0.1, -0.05) is 18.2 Å². The quantitative estimate of drug-likeness (QED) is 0.829. The Morgan fingerprint density at radius 2 is 2.11 bits per heavy atom. The molecule has 100 valence electrons. The molecule has 2 N–H and O–H groups in total. The molecule has 0 aliphatic carbocycles. The zero-order valence-electron chi connectivity index (χ0n) is 11.4. The number of amides is 1. The molecule has 0 aliphatic rings. The summed E-state index contributed by atoms with van der Waals surface area (Å²) in [6.07, 6.45) is 1.18. The summed E-state index contributed by atoms with van der Waals surface area (Å²) < 4.78 is 5.74. The van der Waals surface area contributed by atoms with Crippen molar-refractivity contribution in [1.82, 2.24) is 4.90 Å². The summed E-state index contributed by atoms with van der Waals surface area (Å²) in [6.45, 7) is 3.00. The van der Waals surface area contributed by atoms with Crippen LogP contribution in [0.4, 0.5) is 0 Å². The lowest BCUT2D eigenvalue weighted by atomic mass is 10.1. The van der Waals surface area contributed by atoms with Crippen molar-refractivity contribution >= 4 is 5.91 Å². The molecule has 18 heavy (non-hydrogen) atoms. The van der Waals surface area contributed by atoms with Crippen molar-refractivity contribution < 1.29 is 9.53 Å². The topological polar surface area (TPSA) is 55.6 Å². The number of benzene rings is 1. The first kappa shape index (κ1) is 14.5. The molecule has 0 bridgehead atoms. The number of carbonyl (C=O) groups excluding carboxylic acids is 1. The van der Waals surface area contributed by atoms with Gasteiger partial charge in [0.1, 0.15) is 5.75 Å². The first-order valence-electron chi connectivity index (χ1n) is 6.17. The normalized spacial score (nSPS) is 10.2. The average molecular weight is 250 g/mol. The van der Waals surface area contributed by atoms with E-state index in [-0.39, 0.29) is 5.91 Å². The predicted molar refractivity (Wildman–Crippen MR) is 72.7 cm³/mol. The summed E-state index contributed by atoms with van der Waals surface area (Å²) in [5.74, 6) is 0.943. The minimum Gasteiger partial charge on any atom is -0.492 e. The van der Waals surface area contributed by atoms with Crippen molar-refractivity contribution in [3.63, 3.8) is 0 Å². The minimum absolute atomic E-state index is 0.0731. The number of rotatable bonds is 6. The maximum atomic E-state index is 11.5. The van der Waals surface area contributed by atoms with Crippen molar-refractivity contribution in [3.05, 3.63) is 29.3 Å². The van der Waals surface area contributed by atoms with E-state index in [1.165, 1.54) is 0 Å². The largest absolute Gasteiger partial charge is 0.492 e. The van der Waals surface area contributed by atoms with Crippen molar-refractivity contribution in [1.29, 1.82) is 0 Å². The molecule has 1 aromatic rings. The number of nitrogens with zero attached hydrogens (tertiary/aromatic N) is 1. The van der Waals surface area contributed by atoms with Crippen LogP contribution in [0.15, 0.2) is 18.2 Å². The van der Waals surface area contributed by atoms with Gasteiger partial charge in [0.25, 0.3) is 0 Å². The number of para-hydroxylation sites is 1. The monoisotopic (exact) mass is 250 g/mol. The van der Waals surface area contributed by atoms with Crippen LogP contribution in [-0.2, 0) is 11.2 Å². The molecule has 1 amide bonds. The third kappa shape index (κ3) is 4.04. The molecule has 1 rings (SSSR count). The van der Waals surface area contributed by atoms with Crippen LogP contribution in [-0.4, -0.2) is 38.1 Å². The molecule has 0 aromatic heterocycles. The molecule has 0 atom stereocenters. The van der Waals surface area contributed by atoms with E-state index in [0.29, 0.717) is 19.6 Å². The predicted octanol–water partition coefficient (Wildman–Crippen LogP) is 1.35. The second kappa shape index (κ2) is 7.01. The summed E-state index contributed by atoms with van der Waals surface area (Å²) >= 11 is 0. The van der Waals surface area contributed by atoms with Crippen molar-refractivity contribution in [2.45, 2.75) is 19.8 Å². The highest BCUT2D eigenvalue weighted by Gasteiger charge is 2.08. The van der Waals surface area contributed by atoms with Gasteiger partial charge >= 0.3 is 0 Å². The van der Waals surface area contributed by atoms with Crippen LogP contribution in [0.25, 0.3) is 0 Å². The molecule has 4 heteroatoms. The zero-order valence-corrected chi connectivity index (χ0v) is 11.4. The summed E-state index contributed by atoms with van der Waals surface area (Å²) in [5.41, 5.74) is 7.77. The fourth-order valence-corrected chi connectivity index (χ4v) is 1.74. The van der Waals surface area contributed by atoms with Crippen LogP contribution < -0.4 is 10.5 Å². The highest BCUT2D eigenvalue weighted by Crippen LogP contribution is 2.23. The van der Waals surface area contributed by atoms with Crippen LogP contribution in [0.2, 0.25) is 0 Å². The van der Waals surface area contributed by atoms with E-state index in [2.05, 4.69) is 0 Å². The molecule has 4 nitrogen and oxygen atoms in total. The zero-order chi connectivity index (χ0) is 13.5. The summed E-state index contributed by atoms with van der Waals surface area (Å²) in [6, 6.07) is 6.02. The minimum atomic E-state index is 0.0731. The van der Waals surface area contributed by atoms with Gasteiger partial charge in [0, 0.05) is 14.1 Å². The first-order chi connectivity index (χ1) is 8.56. The highest BCUT2D eigenvalue weighted by molar-refractivity contribution is 5.75. The smallest absolute Gasteiger partial charge is 0.225 e. The van der Waals surface area contributed by atoms with Crippen LogP contribution in [0.3, 0.4) is 0 Å². The molecular formula is C14H22N2O2. The van der Waals surface area contributed by atoms with Crippen LogP contribution in [0.1, 0.15) is 17.5 Å². The standard InChI is InChI=1S/C14H22N2O2/c1-11-5-4-6-12(7-9-15)14(11)18-10-8-13(17)16(2)3/h4-6H,7-10,15H2,1-3H3. The number of carbonyl (C=O) groups is 1. The van der Waals surface area contributed by atoms with Crippen LogP contribution in [0, 0.1) is 6.92 Å². The molecule has 1 aromatic carbocycles. The Labute approximate surface area is 109 Å². The fraction of sp³-hybridized carbons (Fsp3) is 0.500. The van der Waals surface area contributed by atoms with Gasteiger partial charge in [-0.3, -0.25) is 4.79 Å². The average Bonchev–Trinajstić information content (AvgIpc) is 2.32. The maximum Gasteiger partial charge on any atom is 0.225 e. The van der Waals surface area contributed by atoms with Crippen molar-refractivity contribution in [2.24, 2.45) is 5.73 Å². The maximum absolute atomic E-state index is 11.5. The third-order valence-corrected chi connectivity index (χ3v) is 2.77. The summed E-state index contributed by atoms with van der Waals surface area (Å²) in [5, 5.41) is 0. The van der Waals surface area contributed by atoms with Gasteiger partial charge in [-0.2, -0.15) is 0 Å². The van der Waals surface area contributed by atoms with Gasteiger partial charge in [-0.05, 0) is 31.0 Å². The first-order valence-corrected chi connectivity index (χ1v) is 6.17. The van der Waals surface area contributed by atoms with Gasteiger partial charge in [0.15, 0.2) is 0 Å². The van der Waals surface area contributed by atoms with Crippen LogP contribution >= 0.6 is 0 Å². The second-order valence-electron chi connectivity index (χ2n) is 4.49. The van der Waals surface area contributed by atoms with Gasteiger partial charge in [-0.15, -0.1) is 0 Å². The van der Waals surface area contributed by atoms with Crippen molar-refractivity contribution in [2.75, 3.05) is 27.2 Å². The number of aryl methyl sites for hydroxylation is 1. The SMILES string of the molecule is Cc1cccc(CCN)c1OCCC(=O)N(C)C. The molecule has 0 saturated carbocycles. The molecule has 0 heterocycles. The third-order valence-electron chi connectivity index (χ3n) is 2.77. The number of hydrogen-bond acceptors (Lipinski definition) is 3. The van der Waals surface area contributed by atoms with E-state index < -0.39 is 0 Å². The molecular weight excluding hydrogens is 228 g/mol. The Hall–Kier alpha value is -1.55. The Bertz CT molecular complexity index is 403. The molecule has 0 aliphatic heterocycles. The Kier molecular flexibility index (Phi) is 5.65. The van der Waals surface area contributed by atoms with E-state index in [0.717, 1.165) is 23.3 Å². The van der Waals surface area contributed by atoms with Gasteiger partial charge in [0.05, 0.1) is 13.0 Å². The lowest BCUT2D eigenvalue weighted by Crippen LogP contribution is -2.23. The molecule has 0 unspecified atom stereocenters.